The molecule has 1 aromatic carbocycles. The van der Waals surface area contributed by atoms with Gasteiger partial charge in [0.2, 0.25) is 0 Å². The van der Waals surface area contributed by atoms with Crippen LogP contribution in [0.25, 0.3) is 0 Å². The summed E-state index contributed by atoms with van der Waals surface area (Å²) < 4.78 is 13.1. The van der Waals surface area contributed by atoms with E-state index in [1.165, 1.54) is 17.8 Å². The second kappa shape index (κ2) is 5.80. The summed E-state index contributed by atoms with van der Waals surface area (Å²) >= 11 is 0. The van der Waals surface area contributed by atoms with Crippen LogP contribution >= 0.6 is 0 Å². The standard InChI is InChI=1S/C15H17FN2O/c1-11-4-3-5-12(6-11)9-18(2)15-13(10-19)7-14(16)8-17-15/h3-8,19H,9-10H2,1-2H3. The van der Waals surface area contributed by atoms with Gasteiger partial charge in [0.15, 0.2) is 0 Å². The first-order valence-corrected chi connectivity index (χ1v) is 6.12. The normalized spacial score (nSPS) is 10.5. The predicted octanol–water partition coefficient (Wildman–Crippen LogP) is 2.66. The Kier molecular flexibility index (Phi) is 4.12. The Morgan fingerprint density at radius 2 is 2.11 bits per heavy atom. The van der Waals surface area contributed by atoms with Gasteiger partial charge in [0.05, 0.1) is 12.8 Å². The molecule has 0 bridgehead atoms. The first-order valence-electron chi connectivity index (χ1n) is 6.12. The second-order valence-corrected chi connectivity index (χ2v) is 4.64. The Morgan fingerprint density at radius 1 is 1.32 bits per heavy atom. The first-order chi connectivity index (χ1) is 9.10. The average molecular weight is 260 g/mol. The molecule has 0 saturated heterocycles. The van der Waals surface area contributed by atoms with Crippen LogP contribution in [0.5, 0.6) is 0 Å². The van der Waals surface area contributed by atoms with Crippen LogP contribution in [0, 0.1) is 12.7 Å². The Balaban J connectivity index is 2.22. The van der Waals surface area contributed by atoms with Gasteiger partial charge in [-0.25, -0.2) is 9.37 Å². The number of hydrogen-bond acceptors (Lipinski definition) is 3. The number of pyridine rings is 1. The lowest BCUT2D eigenvalue weighted by Gasteiger charge is -2.21. The molecule has 3 nitrogen and oxygen atoms in total. The van der Waals surface area contributed by atoms with Gasteiger partial charge in [0.1, 0.15) is 11.6 Å². The van der Waals surface area contributed by atoms with Gasteiger partial charge in [-0.05, 0) is 18.6 Å². The van der Waals surface area contributed by atoms with E-state index in [4.69, 9.17) is 0 Å². The van der Waals surface area contributed by atoms with E-state index in [-0.39, 0.29) is 6.61 Å². The number of aliphatic hydroxyl groups is 1. The fourth-order valence-electron chi connectivity index (χ4n) is 2.09. The van der Waals surface area contributed by atoms with Gasteiger partial charge in [-0.3, -0.25) is 0 Å². The molecule has 0 amide bonds. The van der Waals surface area contributed by atoms with Gasteiger partial charge in [-0.1, -0.05) is 29.8 Å². The van der Waals surface area contributed by atoms with Gasteiger partial charge in [-0.15, -0.1) is 0 Å². The molecule has 2 rings (SSSR count). The Morgan fingerprint density at radius 3 is 2.79 bits per heavy atom. The van der Waals surface area contributed by atoms with Crippen LogP contribution in [0.1, 0.15) is 16.7 Å². The number of aliphatic hydroxyl groups excluding tert-OH is 1. The lowest BCUT2D eigenvalue weighted by Crippen LogP contribution is -2.19. The van der Waals surface area contributed by atoms with Crippen LogP contribution in [-0.2, 0) is 13.2 Å². The molecule has 0 atom stereocenters. The molecule has 1 N–H and O–H groups in total. The Labute approximate surface area is 112 Å². The summed E-state index contributed by atoms with van der Waals surface area (Å²) in [4.78, 5) is 5.96. The molecule has 1 aromatic heterocycles. The number of aromatic nitrogens is 1. The fraction of sp³-hybridized carbons (Fsp3) is 0.267. The molecule has 0 saturated carbocycles. The van der Waals surface area contributed by atoms with Gasteiger partial charge >= 0.3 is 0 Å². The number of rotatable bonds is 4. The molecule has 0 unspecified atom stereocenters. The van der Waals surface area contributed by atoms with Crippen molar-refractivity contribution in [2.75, 3.05) is 11.9 Å². The number of anilines is 1. The summed E-state index contributed by atoms with van der Waals surface area (Å²) in [7, 11) is 1.88. The topological polar surface area (TPSA) is 36.4 Å². The van der Waals surface area contributed by atoms with Crippen molar-refractivity contribution in [1.29, 1.82) is 0 Å². The number of benzene rings is 1. The third kappa shape index (κ3) is 3.29. The first kappa shape index (κ1) is 13.5. The molecule has 0 fully saturated rings. The maximum atomic E-state index is 13.1. The van der Waals surface area contributed by atoms with E-state index < -0.39 is 5.82 Å². The Bertz CT molecular complexity index is 572. The minimum Gasteiger partial charge on any atom is -0.392 e. The molecule has 0 radical (unpaired) electrons. The molecule has 4 heteroatoms. The highest BCUT2D eigenvalue weighted by Crippen LogP contribution is 2.19. The van der Waals surface area contributed by atoms with Crippen LogP contribution in [-0.4, -0.2) is 17.1 Å². The molecular weight excluding hydrogens is 243 g/mol. The molecule has 0 spiro atoms. The van der Waals surface area contributed by atoms with Crippen molar-refractivity contribution < 1.29 is 9.50 Å². The van der Waals surface area contributed by atoms with Crippen molar-refractivity contribution in [3.05, 3.63) is 59.0 Å². The quantitative estimate of drug-likeness (QED) is 0.918. The van der Waals surface area contributed by atoms with Crippen molar-refractivity contribution in [3.63, 3.8) is 0 Å². The number of halogens is 1. The van der Waals surface area contributed by atoms with E-state index in [0.717, 1.165) is 5.56 Å². The number of hydrogen-bond donors (Lipinski definition) is 1. The summed E-state index contributed by atoms with van der Waals surface area (Å²) in [5.41, 5.74) is 2.84. The SMILES string of the molecule is Cc1cccc(CN(C)c2ncc(F)cc2CO)c1. The van der Waals surface area contributed by atoms with Crippen molar-refractivity contribution in [2.45, 2.75) is 20.1 Å². The van der Waals surface area contributed by atoms with Gasteiger partial charge in [0.25, 0.3) is 0 Å². The van der Waals surface area contributed by atoms with Crippen molar-refractivity contribution >= 4 is 5.82 Å². The zero-order valence-electron chi connectivity index (χ0n) is 11.1. The van der Waals surface area contributed by atoms with Crippen molar-refractivity contribution in [2.24, 2.45) is 0 Å². The van der Waals surface area contributed by atoms with Gasteiger partial charge < -0.3 is 10.0 Å². The van der Waals surface area contributed by atoms with E-state index in [9.17, 15) is 9.50 Å². The van der Waals surface area contributed by atoms with E-state index in [1.54, 1.807) is 0 Å². The number of aryl methyl sites for hydroxylation is 1. The van der Waals surface area contributed by atoms with Crippen LogP contribution in [0.2, 0.25) is 0 Å². The van der Waals surface area contributed by atoms with E-state index in [0.29, 0.717) is 17.9 Å². The van der Waals surface area contributed by atoms with E-state index in [2.05, 4.69) is 11.1 Å². The van der Waals surface area contributed by atoms with Crippen LogP contribution < -0.4 is 4.90 Å². The highest BCUT2D eigenvalue weighted by Gasteiger charge is 2.10. The molecular formula is C15H17FN2O. The molecule has 0 aliphatic carbocycles. The lowest BCUT2D eigenvalue weighted by atomic mass is 10.1. The lowest BCUT2D eigenvalue weighted by molar-refractivity contribution is 0.281. The second-order valence-electron chi connectivity index (χ2n) is 4.64. The van der Waals surface area contributed by atoms with Gasteiger partial charge in [-0.2, -0.15) is 0 Å². The van der Waals surface area contributed by atoms with Crippen LogP contribution in [0.4, 0.5) is 10.2 Å². The number of nitrogens with zero attached hydrogens (tertiary/aromatic N) is 2. The van der Waals surface area contributed by atoms with Crippen molar-refractivity contribution in [3.8, 4) is 0 Å². The average Bonchev–Trinajstić information content (AvgIpc) is 2.38. The summed E-state index contributed by atoms with van der Waals surface area (Å²) in [6.45, 7) is 2.48. The molecule has 0 aliphatic heterocycles. The zero-order chi connectivity index (χ0) is 13.8. The predicted molar refractivity (Wildman–Crippen MR) is 73.4 cm³/mol. The fourth-order valence-corrected chi connectivity index (χ4v) is 2.09. The third-order valence-electron chi connectivity index (χ3n) is 2.94. The highest BCUT2D eigenvalue weighted by atomic mass is 19.1. The summed E-state index contributed by atoms with van der Waals surface area (Å²) in [5.74, 6) is 0.169. The summed E-state index contributed by atoms with van der Waals surface area (Å²) in [6, 6.07) is 9.49. The van der Waals surface area contributed by atoms with E-state index in [1.807, 2.05) is 37.1 Å². The monoisotopic (exact) mass is 260 g/mol. The maximum Gasteiger partial charge on any atom is 0.142 e. The minimum atomic E-state index is -0.434. The largest absolute Gasteiger partial charge is 0.392 e. The highest BCUT2D eigenvalue weighted by molar-refractivity contribution is 5.46. The minimum absolute atomic E-state index is 0.224. The molecule has 100 valence electrons. The Hall–Kier alpha value is -1.94. The van der Waals surface area contributed by atoms with Crippen LogP contribution in [0.3, 0.4) is 0 Å². The molecule has 19 heavy (non-hydrogen) atoms. The molecule has 2 aromatic rings. The van der Waals surface area contributed by atoms with E-state index >= 15 is 0 Å². The smallest absolute Gasteiger partial charge is 0.142 e. The molecule has 1 heterocycles. The summed E-state index contributed by atoms with van der Waals surface area (Å²) in [5, 5.41) is 9.27. The van der Waals surface area contributed by atoms with Crippen LogP contribution in [0.15, 0.2) is 36.5 Å². The third-order valence-corrected chi connectivity index (χ3v) is 2.94. The van der Waals surface area contributed by atoms with Crippen molar-refractivity contribution in [1.82, 2.24) is 4.98 Å². The maximum absolute atomic E-state index is 13.1. The summed E-state index contributed by atoms with van der Waals surface area (Å²) in [6.07, 6.45) is 1.17. The zero-order valence-corrected chi connectivity index (χ0v) is 11.1. The molecule has 0 aliphatic rings. The van der Waals surface area contributed by atoms with Gasteiger partial charge in [0, 0.05) is 19.2 Å².